The second-order valence-electron chi connectivity index (χ2n) is 7.17. The Hall–Kier alpha value is -2.39. The third-order valence-corrected chi connectivity index (χ3v) is 6.03. The van der Waals surface area contributed by atoms with Crippen LogP contribution in [0.2, 0.25) is 0 Å². The predicted octanol–water partition coefficient (Wildman–Crippen LogP) is 2.23. The molecular weight excluding hydrogens is 390 g/mol. The predicted molar refractivity (Wildman–Crippen MR) is 112 cm³/mol. The number of hydrogen-bond donors (Lipinski definition) is 1. The van der Waals surface area contributed by atoms with Crippen LogP contribution in [0.4, 0.5) is 0 Å². The lowest BCUT2D eigenvalue weighted by molar-refractivity contribution is -0.119. The summed E-state index contributed by atoms with van der Waals surface area (Å²) < 4.78 is 9.10. The van der Waals surface area contributed by atoms with E-state index >= 15 is 0 Å². The first-order chi connectivity index (χ1) is 14.2. The first-order valence-corrected chi connectivity index (χ1v) is 11.1. The van der Waals surface area contributed by atoms with E-state index in [0.717, 1.165) is 37.8 Å². The fourth-order valence-corrected chi connectivity index (χ4v) is 4.33. The van der Waals surface area contributed by atoms with Gasteiger partial charge >= 0.3 is 0 Å². The molecule has 0 unspecified atom stereocenters. The van der Waals surface area contributed by atoms with Crippen molar-refractivity contribution < 1.29 is 9.53 Å². The van der Waals surface area contributed by atoms with Crippen molar-refractivity contribution in [2.75, 3.05) is 18.9 Å². The lowest BCUT2D eigenvalue weighted by atomic mass is 10.2. The molecule has 29 heavy (non-hydrogen) atoms. The number of carbonyl (C=O) groups is 1. The molecule has 1 aliphatic heterocycles. The van der Waals surface area contributed by atoms with E-state index in [-0.39, 0.29) is 23.3 Å². The van der Waals surface area contributed by atoms with Gasteiger partial charge in [-0.05, 0) is 31.4 Å². The van der Waals surface area contributed by atoms with Crippen molar-refractivity contribution in [2.45, 2.75) is 50.4 Å². The molecule has 0 spiro atoms. The SMILES string of the molecule is CCCCn1c(=O)c2ccccc2n2c(SCC(=O)NC[C@H]3CCCO3)nnc12. The van der Waals surface area contributed by atoms with Crippen molar-refractivity contribution in [2.24, 2.45) is 0 Å². The summed E-state index contributed by atoms with van der Waals surface area (Å²) in [5, 5.41) is 12.7. The van der Waals surface area contributed by atoms with E-state index in [1.165, 1.54) is 11.8 Å². The number of carbonyl (C=O) groups excluding carboxylic acids is 1. The summed E-state index contributed by atoms with van der Waals surface area (Å²) in [6.07, 6.45) is 4.02. The second kappa shape index (κ2) is 8.96. The van der Waals surface area contributed by atoms with Gasteiger partial charge in [0.2, 0.25) is 11.7 Å². The highest BCUT2D eigenvalue weighted by Gasteiger charge is 2.19. The zero-order valence-electron chi connectivity index (χ0n) is 16.5. The van der Waals surface area contributed by atoms with Crippen molar-refractivity contribution >= 4 is 34.3 Å². The van der Waals surface area contributed by atoms with Crippen LogP contribution >= 0.6 is 11.8 Å². The molecule has 1 atom stereocenters. The van der Waals surface area contributed by atoms with Gasteiger partial charge in [-0.25, -0.2) is 0 Å². The van der Waals surface area contributed by atoms with Gasteiger partial charge in [0.25, 0.3) is 5.56 Å². The topological polar surface area (TPSA) is 90.5 Å². The number of hydrogen-bond acceptors (Lipinski definition) is 6. The molecule has 8 nitrogen and oxygen atoms in total. The minimum Gasteiger partial charge on any atom is -0.376 e. The third-order valence-electron chi connectivity index (χ3n) is 5.10. The van der Waals surface area contributed by atoms with Crippen LogP contribution in [0.25, 0.3) is 16.7 Å². The first kappa shape index (κ1) is 19.9. The maximum atomic E-state index is 12.9. The number of nitrogens with one attached hydrogen (secondary N) is 1. The smallest absolute Gasteiger partial charge is 0.262 e. The Balaban J connectivity index is 1.59. The zero-order valence-corrected chi connectivity index (χ0v) is 17.3. The molecule has 154 valence electrons. The molecule has 1 fully saturated rings. The minimum atomic E-state index is -0.0640. The molecule has 4 rings (SSSR count). The van der Waals surface area contributed by atoms with Crippen LogP contribution in [0.15, 0.2) is 34.2 Å². The van der Waals surface area contributed by atoms with Gasteiger partial charge in [0.1, 0.15) is 0 Å². The summed E-state index contributed by atoms with van der Waals surface area (Å²) in [4.78, 5) is 25.2. The van der Waals surface area contributed by atoms with E-state index < -0.39 is 0 Å². The zero-order chi connectivity index (χ0) is 20.2. The summed E-state index contributed by atoms with van der Waals surface area (Å²) in [5.41, 5.74) is 0.701. The van der Waals surface area contributed by atoms with Gasteiger partial charge in [-0.2, -0.15) is 0 Å². The monoisotopic (exact) mass is 415 g/mol. The van der Waals surface area contributed by atoms with Crippen LogP contribution in [-0.2, 0) is 16.1 Å². The van der Waals surface area contributed by atoms with E-state index in [0.29, 0.717) is 29.4 Å². The number of benzene rings is 1. The molecule has 3 heterocycles. The fraction of sp³-hybridized carbons (Fsp3) is 0.500. The number of thioether (sulfide) groups is 1. The Morgan fingerprint density at radius 3 is 3.00 bits per heavy atom. The number of para-hydroxylation sites is 1. The number of amides is 1. The molecule has 0 bridgehead atoms. The van der Waals surface area contributed by atoms with Crippen LogP contribution in [0.3, 0.4) is 0 Å². The molecule has 0 aliphatic carbocycles. The largest absolute Gasteiger partial charge is 0.376 e. The summed E-state index contributed by atoms with van der Waals surface area (Å²) >= 11 is 1.32. The third kappa shape index (κ3) is 4.16. The van der Waals surface area contributed by atoms with Crippen LogP contribution in [0.5, 0.6) is 0 Å². The number of ether oxygens (including phenoxy) is 1. The molecule has 1 aliphatic rings. The van der Waals surface area contributed by atoms with Gasteiger partial charge in [0, 0.05) is 19.7 Å². The molecule has 9 heteroatoms. The Morgan fingerprint density at radius 2 is 2.21 bits per heavy atom. The van der Waals surface area contributed by atoms with Crippen molar-refractivity contribution in [3.63, 3.8) is 0 Å². The Kier molecular flexibility index (Phi) is 6.15. The molecule has 1 amide bonds. The van der Waals surface area contributed by atoms with Crippen LogP contribution in [0.1, 0.15) is 32.6 Å². The van der Waals surface area contributed by atoms with Gasteiger partial charge in [0.05, 0.1) is 22.8 Å². The Morgan fingerprint density at radius 1 is 1.34 bits per heavy atom. The van der Waals surface area contributed by atoms with Crippen molar-refractivity contribution in [3.05, 3.63) is 34.6 Å². The number of aromatic nitrogens is 4. The maximum absolute atomic E-state index is 12.9. The fourth-order valence-electron chi connectivity index (χ4n) is 3.56. The highest BCUT2D eigenvalue weighted by atomic mass is 32.2. The van der Waals surface area contributed by atoms with Gasteiger partial charge in [-0.15, -0.1) is 10.2 Å². The van der Waals surface area contributed by atoms with Crippen LogP contribution in [0, 0.1) is 0 Å². The van der Waals surface area contributed by atoms with E-state index in [1.807, 2.05) is 28.7 Å². The minimum absolute atomic E-state index is 0.0557. The molecular formula is C20H25N5O3S. The van der Waals surface area contributed by atoms with Crippen molar-refractivity contribution in [1.82, 2.24) is 24.5 Å². The molecule has 0 radical (unpaired) electrons. The molecule has 3 aromatic rings. The molecule has 1 aromatic carbocycles. The molecule has 1 N–H and O–H groups in total. The average Bonchev–Trinajstić information content (AvgIpc) is 3.41. The van der Waals surface area contributed by atoms with Crippen LogP contribution < -0.4 is 10.9 Å². The van der Waals surface area contributed by atoms with Gasteiger partial charge in [-0.1, -0.05) is 37.2 Å². The number of unbranched alkanes of at least 4 members (excludes halogenated alkanes) is 1. The Bertz CT molecular complexity index is 1070. The van der Waals surface area contributed by atoms with Gasteiger partial charge in [0.15, 0.2) is 5.16 Å². The molecule has 2 aromatic heterocycles. The van der Waals surface area contributed by atoms with Gasteiger partial charge in [-0.3, -0.25) is 18.6 Å². The summed E-state index contributed by atoms with van der Waals surface area (Å²) in [7, 11) is 0. The summed E-state index contributed by atoms with van der Waals surface area (Å²) in [5.74, 6) is 0.686. The van der Waals surface area contributed by atoms with Gasteiger partial charge < -0.3 is 10.1 Å². The number of fused-ring (bicyclic) bond motifs is 3. The Labute approximate surface area is 172 Å². The normalized spacial score (nSPS) is 16.7. The molecule has 1 saturated heterocycles. The number of nitrogens with zero attached hydrogens (tertiary/aromatic N) is 4. The van der Waals surface area contributed by atoms with Crippen molar-refractivity contribution in [1.29, 1.82) is 0 Å². The van der Waals surface area contributed by atoms with E-state index in [9.17, 15) is 9.59 Å². The highest BCUT2D eigenvalue weighted by molar-refractivity contribution is 7.99. The molecule has 0 saturated carbocycles. The van der Waals surface area contributed by atoms with E-state index in [4.69, 9.17) is 4.74 Å². The standard InChI is InChI=1S/C20H25N5O3S/c1-2-3-10-24-18(27)15-8-4-5-9-16(15)25-19(24)22-23-20(25)29-13-17(26)21-12-14-7-6-11-28-14/h4-5,8-9,14H,2-3,6-7,10-13H2,1H3,(H,21,26)/t14-/m1/s1. The summed E-state index contributed by atoms with van der Waals surface area (Å²) in [6.45, 7) is 3.99. The summed E-state index contributed by atoms with van der Waals surface area (Å²) in [6, 6.07) is 7.46. The maximum Gasteiger partial charge on any atom is 0.262 e. The lowest BCUT2D eigenvalue weighted by Crippen LogP contribution is -2.32. The first-order valence-electron chi connectivity index (χ1n) is 10.1. The van der Waals surface area contributed by atoms with Crippen LogP contribution in [-0.4, -0.2) is 50.1 Å². The number of aryl methyl sites for hydroxylation is 1. The second-order valence-corrected chi connectivity index (χ2v) is 8.12. The quantitative estimate of drug-likeness (QED) is 0.568. The van der Waals surface area contributed by atoms with Crippen molar-refractivity contribution in [3.8, 4) is 0 Å². The van der Waals surface area contributed by atoms with E-state index in [1.54, 1.807) is 4.57 Å². The number of rotatable bonds is 8. The van der Waals surface area contributed by atoms with E-state index in [2.05, 4.69) is 22.4 Å². The lowest BCUT2D eigenvalue weighted by Gasteiger charge is -2.11. The average molecular weight is 416 g/mol. The highest BCUT2D eigenvalue weighted by Crippen LogP contribution is 2.21.